The van der Waals surface area contributed by atoms with Gasteiger partial charge in [-0.3, -0.25) is 0 Å². The molecule has 0 spiro atoms. The van der Waals surface area contributed by atoms with Crippen LogP contribution in [0, 0.1) is 0 Å². The second-order valence-electron chi connectivity index (χ2n) is 13.6. The molecule has 0 atom stereocenters. The Morgan fingerprint density at radius 2 is 0.792 bits per heavy atom. The Balaban J connectivity index is 1.00. The quantitative estimate of drug-likeness (QED) is 0.170. The Bertz CT molecular complexity index is 3050. The molecule has 1 aliphatic rings. The van der Waals surface area contributed by atoms with E-state index in [2.05, 4.69) is 146 Å². The van der Waals surface area contributed by atoms with Crippen LogP contribution in [-0.4, -0.2) is 15.0 Å². The molecular formula is C49H29N3O. The second kappa shape index (κ2) is 11.7. The van der Waals surface area contributed by atoms with E-state index < -0.39 is 0 Å². The topological polar surface area (TPSA) is 47.9 Å². The molecule has 9 aromatic carbocycles. The lowest BCUT2D eigenvalue weighted by Gasteiger charge is -2.22. The van der Waals surface area contributed by atoms with Gasteiger partial charge in [-0.2, -0.15) is 0 Å². The SMILES string of the molecule is c1ccc(-c2nc(-c3ccc(-c4ccc5ccc6ccc7cccc8c7c6c5c4O8)cc3)nc(-c3ccc(-c4cccc5ccccc45)cc3)n2)cc1. The van der Waals surface area contributed by atoms with Gasteiger partial charge in [-0.15, -0.1) is 0 Å². The Morgan fingerprint density at radius 1 is 0.302 bits per heavy atom. The van der Waals surface area contributed by atoms with Crippen molar-refractivity contribution in [1.29, 1.82) is 0 Å². The smallest absolute Gasteiger partial charge is 0.164 e. The molecule has 0 aliphatic carbocycles. The number of benzene rings is 9. The Morgan fingerprint density at radius 3 is 1.49 bits per heavy atom. The van der Waals surface area contributed by atoms with Crippen molar-refractivity contribution in [2.45, 2.75) is 0 Å². The summed E-state index contributed by atoms with van der Waals surface area (Å²) in [7, 11) is 0. The summed E-state index contributed by atoms with van der Waals surface area (Å²) in [6.45, 7) is 0. The van der Waals surface area contributed by atoms with E-state index in [-0.39, 0.29) is 0 Å². The van der Waals surface area contributed by atoms with Gasteiger partial charge in [-0.1, -0.05) is 164 Å². The minimum absolute atomic E-state index is 0.622. The molecular weight excluding hydrogens is 647 g/mol. The predicted molar refractivity (Wildman–Crippen MR) is 217 cm³/mol. The van der Waals surface area contributed by atoms with Crippen LogP contribution < -0.4 is 4.74 Å². The summed E-state index contributed by atoms with van der Waals surface area (Å²) in [6.07, 6.45) is 0. The third kappa shape index (κ3) is 4.80. The highest BCUT2D eigenvalue weighted by Gasteiger charge is 2.22. The van der Waals surface area contributed by atoms with Gasteiger partial charge in [-0.05, 0) is 55.8 Å². The molecule has 4 nitrogen and oxygen atoms in total. The highest BCUT2D eigenvalue weighted by Crippen LogP contribution is 2.50. The molecule has 0 amide bonds. The number of aromatic nitrogens is 3. The van der Waals surface area contributed by atoms with Crippen LogP contribution in [0.1, 0.15) is 0 Å². The van der Waals surface area contributed by atoms with Gasteiger partial charge in [0.25, 0.3) is 0 Å². The monoisotopic (exact) mass is 675 g/mol. The standard InChI is InChI=1S/C49H29N3O/c1-2-9-36(10-3-1)47-50-48(37-24-16-31(17-25-37)40-14-6-11-30-8-4-5-13-39(30)40)52-49(51-47)38-26-18-32(19-27-38)41-29-28-35-23-22-34-21-20-33-12-7-15-42-43(33)44(34)45(35)46(41)53-42/h1-29H. The van der Waals surface area contributed by atoms with E-state index in [0.717, 1.165) is 50.3 Å². The van der Waals surface area contributed by atoms with E-state index in [4.69, 9.17) is 19.7 Å². The molecule has 2 heterocycles. The normalized spacial score (nSPS) is 11.9. The second-order valence-corrected chi connectivity index (χ2v) is 13.6. The van der Waals surface area contributed by atoms with Crippen LogP contribution in [0.3, 0.4) is 0 Å². The van der Waals surface area contributed by atoms with Crippen molar-refractivity contribution in [1.82, 2.24) is 15.0 Å². The molecule has 0 unspecified atom stereocenters. The lowest BCUT2D eigenvalue weighted by Crippen LogP contribution is -2.00. The molecule has 0 bridgehead atoms. The van der Waals surface area contributed by atoms with Gasteiger partial charge in [0.1, 0.15) is 11.5 Å². The first-order valence-corrected chi connectivity index (χ1v) is 17.9. The summed E-state index contributed by atoms with van der Waals surface area (Å²) < 4.78 is 6.74. The molecule has 1 aliphatic heterocycles. The molecule has 0 saturated carbocycles. The number of ether oxygens (including phenoxy) is 1. The van der Waals surface area contributed by atoms with Gasteiger partial charge in [0.05, 0.1) is 0 Å². The van der Waals surface area contributed by atoms with Gasteiger partial charge in [0, 0.05) is 38.4 Å². The first-order chi connectivity index (χ1) is 26.2. The molecule has 1 aromatic heterocycles. The van der Waals surface area contributed by atoms with Crippen LogP contribution in [-0.2, 0) is 0 Å². The third-order valence-electron chi connectivity index (χ3n) is 10.5. The molecule has 10 aromatic rings. The average Bonchev–Trinajstić information content (AvgIpc) is 3.24. The molecule has 246 valence electrons. The Kier molecular flexibility index (Phi) is 6.52. The van der Waals surface area contributed by atoms with Crippen LogP contribution in [0.25, 0.3) is 99.5 Å². The molecule has 0 radical (unpaired) electrons. The Hall–Kier alpha value is -7.17. The van der Waals surface area contributed by atoms with Crippen molar-refractivity contribution in [2.24, 2.45) is 0 Å². The van der Waals surface area contributed by atoms with E-state index in [9.17, 15) is 0 Å². The third-order valence-corrected chi connectivity index (χ3v) is 10.5. The van der Waals surface area contributed by atoms with E-state index in [1.807, 2.05) is 30.3 Å². The highest BCUT2D eigenvalue weighted by molar-refractivity contribution is 6.26. The molecule has 0 fully saturated rings. The van der Waals surface area contributed by atoms with Crippen molar-refractivity contribution in [3.8, 4) is 67.9 Å². The van der Waals surface area contributed by atoms with Gasteiger partial charge in [0.15, 0.2) is 17.5 Å². The first-order valence-electron chi connectivity index (χ1n) is 17.9. The molecule has 11 rings (SSSR count). The zero-order valence-corrected chi connectivity index (χ0v) is 28.5. The first kappa shape index (κ1) is 29.5. The van der Waals surface area contributed by atoms with Crippen molar-refractivity contribution < 1.29 is 4.74 Å². The minimum atomic E-state index is 0.622. The summed E-state index contributed by atoms with van der Waals surface area (Å²) in [5.74, 6) is 3.68. The van der Waals surface area contributed by atoms with E-state index in [1.54, 1.807) is 0 Å². The van der Waals surface area contributed by atoms with Crippen LogP contribution in [0.2, 0.25) is 0 Å². The van der Waals surface area contributed by atoms with Gasteiger partial charge in [0.2, 0.25) is 0 Å². The predicted octanol–water partition coefficient (Wildman–Crippen LogP) is 12.9. The van der Waals surface area contributed by atoms with Crippen LogP contribution in [0.4, 0.5) is 0 Å². The lowest BCUT2D eigenvalue weighted by molar-refractivity contribution is 0.494. The molecule has 4 heteroatoms. The number of fused-ring (bicyclic) bond motifs is 1. The summed E-state index contributed by atoms with van der Waals surface area (Å²) in [6, 6.07) is 61.5. The number of hydrogen-bond donors (Lipinski definition) is 0. The van der Waals surface area contributed by atoms with E-state index in [0.29, 0.717) is 17.5 Å². The maximum atomic E-state index is 6.74. The fourth-order valence-corrected chi connectivity index (χ4v) is 7.90. The van der Waals surface area contributed by atoms with E-state index in [1.165, 1.54) is 43.3 Å². The Labute approximate surface area is 305 Å². The van der Waals surface area contributed by atoms with Crippen LogP contribution in [0.15, 0.2) is 176 Å². The zero-order chi connectivity index (χ0) is 34.9. The summed E-state index contributed by atoms with van der Waals surface area (Å²) in [4.78, 5) is 15.0. The summed E-state index contributed by atoms with van der Waals surface area (Å²) >= 11 is 0. The van der Waals surface area contributed by atoms with Crippen molar-refractivity contribution in [3.05, 3.63) is 176 Å². The maximum absolute atomic E-state index is 6.74. The van der Waals surface area contributed by atoms with Crippen LogP contribution >= 0.6 is 0 Å². The average molecular weight is 676 g/mol. The fraction of sp³-hybridized carbons (Fsp3) is 0. The number of rotatable bonds is 5. The zero-order valence-electron chi connectivity index (χ0n) is 28.5. The van der Waals surface area contributed by atoms with Crippen molar-refractivity contribution >= 4 is 43.1 Å². The van der Waals surface area contributed by atoms with Gasteiger partial charge >= 0.3 is 0 Å². The summed E-state index contributed by atoms with van der Waals surface area (Å²) in [5, 5.41) is 9.64. The maximum Gasteiger partial charge on any atom is 0.164 e. The van der Waals surface area contributed by atoms with Gasteiger partial charge in [-0.25, -0.2) is 15.0 Å². The fourth-order valence-electron chi connectivity index (χ4n) is 7.90. The molecule has 0 N–H and O–H groups in total. The molecule has 0 saturated heterocycles. The lowest BCUT2D eigenvalue weighted by atomic mass is 9.91. The van der Waals surface area contributed by atoms with Crippen LogP contribution in [0.5, 0.6) is 11.5 Å². The number of hydrogen-bond acceptors (Lipinski definition) is 4. The van der Waals surface area contributed by atoms with Crippen molar-refractivity contribution in [3.63, 3.8) is 0 Å². The van der Waals surface area contributed by atoms with Gasteiger partial charge < -0.3 is 4.74 Å². The number of nitrogens with zero attached hydrogens (tertiary/aromatic N) is 3. The largest absolute Gasteiger partial charge is 0.455 e. The molecule has 53 heavy (non-hydrogen) atoms. The minimum Gasteiger partial charge on any atom is -0.455 e. The summed E-state index contributed by atoms with van der Waals surface area (Å²) in [5.41, 5.74) is 7.25. The highest BCUT2D eigenvalue weighted by atomic mass is 16.5. The van der Waals surface area contributed by atoms with Crippen molar-refractivity contribution in [2.75, 3.05) is 0 Å². The van der Waals surface area contributed by atoms with E-state index >= 15 is 0 Å².